The molecule has 7 nitrogen and oxygen atoms in total. The Balaban J connectivity index is 1.42. The summed E-state index contributed by atoms with van der Waals surface area (Å²) in [5.41, 5.74) is 3.82. The van der Waals surface area contributed by atoms with Gasteiger partial charge in [-0.2, -0.15) is 8.42 Å². The van der Waals surface area contributed by atoms with E-state index in [-0.39, 0.29) is 29.8 Å². The van der Waals surface area contributed by atoms with Gasteiger partial charge in [0.2, 0.25) is 0 Å². The highest BCUT2D eigenvalue weighted by Gasteiger charge is 2.53. The summed E-state index contributed by atoms with van der Waals surface area (Å²) in [7, 11) is -0.387. The van der Waals surface area contributed by atoms with E-state index in [9.17, 15) is 8.42 Å². The topological polar surface area (TPSA) is 80.3 Å². The van der Waals surface area contributed by atoms with Crippen molar-refractivity contribution < 1.29 is 31.5 Å². The van der Waals surface area contributed by atoms with Crippen molar-refractivity contribution in [1.82, 2.24) is 0 Å². The summed E-state index contributed by atoms with van der Waals surface area (Å²) in [5, 5.41) is 0. The fraction of sp³-hybridized carbons (Fsp3) is 0.657. The van der Waals surface area contributed by atoms with E-state index in [1.165, 1.54) is 36.8 Å². The predicted molar refractivity (Wildman–Crippen MR) is 169 cm³/mol. The second-order valence-corrected chi connectivity index (χ2v) is 14.5. The maximum Gasteiger partial charge on any atom is 0.296 e. The van der Waals surface area contributed by atoms with Crippen LogP contribution in [0.5, 0.6) is 5.75 Å². The van der Waals surface area contributed by atoms with Gasteiger partial charge in [-0.3, -0.25) is 4.18 Å². The van der Waals surface area contributed by atoms with E-state index in [2.05, 4.69) is 26.0 Å². The molecule has 0 aliphatic heterocycles. The van der Waals surface area contributed by atoms with E-state index in [1.54, 1.807) is 38.5 Å². The fourth-order valence-corrected chi connectivity index (χ4v) is 8.59. The van der Waals surface area contributed by atoms with Crippen LogP contribution in [0.4, 0.5) is 0 Å². The lowest BCUT2D eigenvalue weighted by atomic mass is 9.59. The van der Waals surface area contributed by atoms with Gasteiger partial charge in [0.1, 0.15) is 12.5 Å². The van der Waals surface area contributed by atoms with Crippen molar-refractivity contribution in [3.63, 3.8) is 0 Å². The van der Waals surface area contributed by atoms with Crippen molar-refractivity contribution in [2.24, 2.45) is 23.2 Å². The second kappa shape index (κ2) is 15.8. The molecule has 43 heavy (non-hydrogen) atoms. The van der Waals surface area contributed by atoms with E-state index in [1.807, 2.05) is 13.0 Å². The first-order chi connectivity index (χ1) is 20.7. The van der Waals surface area contributed by atoms with Crippen molar-refractivity contribution >= 4 is 10.1 Å². The first-order valence-corrected chi connectivity index (χ1v) is 17.4. The maximum absolute atomic E-state index is 12.6. The molecule has 0 unspecified atom stereocenters. The summed E-state index contributed by atoms with van der Waals surface area (Å²) in [6.45, 7) is 7.38. The van der Waals surface area contributed by atoms with Crippen LogP contribution in [0.1, 0.15) is 81.4 Å². The third-order valence-corrected chi connectivity index (χ3v) is 11.3. The number of hydrogen-bond donors (Lipinski definition) is 0. The lowest BCUT2D eigenvalue weighted by Gasteiger charge is -2.47. The van der Waals surface area contributed by atoms with E-state index >= 15 is 0 Å². The molecule has 240 valence electrons. The van der Waals surface area contributed by atoms with E-state index in [0.29, 0.717) is 24.5 Å². The zero-order chi connectivity index (χ0) is 30.9. The number of rotatable bonds is 17. The van der Waals surface area contributed by atoms with E-state index < -0.39 is 10.1 Å². The largest absolute Gasteiger partial charge is 0.468 e. The monoisotopic (exact) mass is 616 g/mol. The van der Waals surface area contributed by atoms with Crippen LogP contribution in [0, 0.1) is 37.0 Å². The summed E-state index contributed by atoms with van der Waals surface area (Å²) in [4.78, 5) is 0.218. The molecule has 2 saturated carbocycles. The Morgan fingerprint density at radius 3 is 2.44 bits per heavy atom. The maximum atomic E-state index is 12.6. The molecule has 0 saturated heterocycles. The average Bonchev–Trinajstić information content (AvgIpc) is 3.33. The standard InChI is InChI=1S/C35H52O7S/c1-26-12-16-31(17-13-26)43(36,37)42-21-8-6-7-10-28(22-29-23-30(40-24-38-4)15-14-27(29)2)32-11-9-20-35(3)33(32)18-19-34(35)41-25-39-5/h12-17,23,28,32-34H,6-11,18-22,24-25H2,1-5H3/t28-,32+,33+,34+,35+/m1/s1. The van der Waals surface area contributed by atoms with Crippen LogP contribution in [0.25, 0.3) is 0 Å². The van der Waals surface area contributed by atoms with Gasteiger partial charge in [0, 0.05) is 14.2 Å². The Morgan fingerprint density at radius 2 is 1.70 bits per heavy atom. The van der Waals surface area contributed by atoms with E-state index in [0.717, 1.165) is 49.8 Å². The summed E-state index contributed by atoms with van der Waals surface area (Å²) in [5.74, 6) is 2.62. The number of aryl methyl sites for hydroxylation is 2. The SMILES string of the molecule is COCOc1ccc(C)c(C[C@@H](CCCCCOS(=O)(=O)c2ccc(C)cc2)[C@@H]2CCC[C@]3(C)[C@@H](OCOC)CC[C@@H]23)c1. The lowest BCUT2D eigenvalue weighted by Crippen LogP contribution is -2.43. The van der Waals surface area contributed by atoms with Crippen molar-refractivity contribution in [2.75, 3.05) is 34.4 Å². The van der Waals surface area contributed by atoms with Crippen LogP contribution in [0.3, 0.4) is 0 Å². The average molecular weight is 617 g/mol. The van der Waals surface area contributed by atoms with Crippen molar-refractivity contribution in [3.05, 3.63) is 59.2 Å². The molecular formula is C35H52O7S. The first kappa shape index (κ1) is 33.9. The Hall–Kier alpha value is -1.97. The fourth-order valence-electron chi connectivity index (χ4n) is 7.65. The minimum atomic E-state index is -3.72. The van der Waals surface area contributed by atoms with Crippen LogP contribution in [-0.4, -0.2) is 48.9 Å². The number of unbranched alkanes of at least 4 members (excludes halogenated alkanes) is 2. The normalized spacial score (nSPS) is 24.5. The van der Waals surface area contributed by atoms with Crippen LogP contribution in [-0.2, 0) is 34.9 Å². The number of benzene rings is 2. The third kappa shape index (κ3) is 8.82. The zero-order valence-corrected chi connectivity index (χ0v) is 27.6. The number of hydrogen-bond acceptors (Lipinski definition) is 7. The minimum absolute atomic E-state index is 0.177. The molecule has 2 fully saturated rings. The third-order valence-electron chi connectivity index (χ3n) is 10.00. The van der Waals surface area contributed by atoms with Crippen LogP contribution >= 0.6 is 0 Å². The minimum Gasteiger partial charge on any atom is -0.468 e. The van der Waals surface area contributed by atoms with E-state index in [4.69, 9.17) is 23.1 Å². The Kier molecular flexibility index (Phi) is 12.5. The number of ether oxygens (including phenoxy) is 4. The second-order valence-electron chi connectivity index (χ2n) is 12.8. The molecule has 0 radical (unpaired) electrons. The summed E-state index contributed by atoms with van der Waals surface area (Å²) in [6, 6.07) is 13.2. The van der Waals surface area contributed by atoms with Gasteiger partial charge >= 0.3 is 0 Å². The Morgan fingerprint density at radius 1 is 0.930 bits per heavy atom. The van der Waals surface area contributed by atoms with Crippen molar-refractivity contribution in [3.8, 4) is 5.75 Å². The summed E-state index contributed by atoms with van der Waals surface area (Å²) < 4.78 is 53.0. The molecule has 0 bridgehead atoms. The van der Waals surface area contributed by atoms with Crippen LogP contribution < -0.4 is 4.74 Å². The van der Waals surface area contributed by atoms with Crippen molar-refractivity contribution in [1.29, 1.82) is 0 Å². The molecule has 2 aromatic carbocycles. The van der Waals surface area contributed by atoms with Gasteiger partial charge in [-0.1, -0.05) is 49.9 Å². The van der Waals surface area contributed by atoms with Crippen LogP contribution in [0.2, 0.25) is 0 Å². The summed E-state index contributed by atoms with van der Waals surface area (Å²) in [6.07, 6.45) is 11.0. The highest BCUT2D eigenvalue weighted by atomic mass is 32.2. The quantitative estimate of drug-likeness (QED) is 0.103. The van der Waals surface area contributed by atoms with Gasteiger partial charge in [-0.25, -0.2) is 0 Å². The number of methoxy groups -OCH3 is 2. The molecule has 0 spiro atoms. The van der Waals surface area contributed by atoms with Crippen molar-refractivity contribution in [2.45, 2.75) is 96.0 Å². The number of fused-ring (bicyclic) bond motifs is 1. The Labute approximate surface area is 259 Å². The molecule has 5 atom stereocenters. The van der Waals surface area contributed by atoms with Gasteiger partial charge in [-0.15, -0.1) is 0 Å². The van der Waals surface area contributed by atoms with Gasteiger partial charge in [-0.05, 0) is 117 Å². The molecular weight excluding hydrogens is 564 g/mol. The van der Waals surface area contributed by atoms with Gasteiger partial charge in [0.25, 0.3) is 10.1 Å². The molecule has 4 rings (SSSR count). The van der Waals surface area contributed by atoms with Crippen LogP contribution in [0.15, 0.2) is 47.4 Å². The molecule has 2 aliphatic carbocycles. The Bertz CT molecular complexity index is 1250. The molecule has 0 amide bonds. The van der Waals surface area contributed by atoms with Gasteiger partial charge < -0.3 is 18.9 Å². The lowest BCUT2D eigenvalue weighted by molar-refractivity contribution is -0.125. The molecule has 0 heterocycles. The molecule has 8 heteroatoms. The first-order valence-electron chi connectivity index (χ1n) is 16.0. The smallest absolute Gasteiger partial charge is 0.296 e. The molecule has 0 N–H and O–H groups in total. The highest BCUT2D eigenvalue weighted by Crippen LogP contribution is 2.58. The molecule has 0 aromatic heterocycles. The van der Waals surface area contributed by atoms with Gasteiger partial charge in [0.05, 0.1) is 17.6 Å². The molecule has 2 aromatic rings. The molecule has 2 aliphatic rings. The highest BCUT2D eigenvalue weighted by molar-refractivity contribution is 7.86. The predicted octanol–water partition coefficient (Wildman–Crippen LogP) is 7.62. The van der Waals surface area contributed by atoms with Gasteiger partial charge in [0.15, 0.2) is 6.79 Å². The zero-order valence-electron chi connectivity index (χ0n) is 26.8. The summed E-state index contributed by atoms with van der Waals surface area (Å²) >= 11 is 0.